The van der Waals surface area contributed by atoms with Crippen LogP contribution < -0.4 is 0 Å². The van der Waals surface area contributed by atoms with Gasteiger partial charge in [-0.1, -0.05) is 40.0 Å². The zero-order valence-corrected chi connectivity index (χ0v) is 21.4. The summed E-state index contributed by atoms with van der Waals surface area (Å²) in [4.78, 5) is 0. The Morgan fingerprint density at radius 3 is 2.29 bits per heavy atom. The van der Waals surface area contributed by atoms with Gasteiger partial charge in [0.15, 0.2) is 0 Å². The Morgan fingerprint density at radius 2 is 1.55 bits per heavy atom. The van der Waals surface area contributed by atoms with E-state index in [1.54, 1.807) is 0 Å². The van der Waals surface area contributed by atoms with Crippen LogP contribution in [0.25, 0.3) is 0 Å². The molecule has 0 aliphatic heterocycles. The molecule has 0 saturated heterocycles. The second kappa shape index (κ2) is 8.61. The highest BCUT2D eigenvalue weighted by molar-refractivity contribution is 5.10. The summed E-state index contributed by atoms with van der Waals surface area (Å²) in [5.41, 5.74) is 0.140. The summed E-state index contributed by atoms with van der Waals surface area (Å²) in [7, 11) is 0. The number of aliphatic hydroxyl groups is 2. The lowest BCUT2D eigenvalue weighted by Crippen LogP contribution is -2.55. The Morgan fingerprint density at radius 1 is 0.839 bits per heavy atom. The highest BCUT2D eigenvalue weighted by atomic mass is 16.3. The predicted molar refractivity (Wildman–Crippen MR) is 130 cm³/mol. The Bertz CT molecular complexity index is 624. The van der Waals surface area contributed by atoms with Gasteiger partial charge in [-0.3, -0.25) is 0 Å². The van der Waals surface area contributed by atoms with E-state index in [0.29, 0.717) is 10.8 Å². The monoisotopic (exact) mass is 432 g/mol. The van der Waals surface area contributed by atoms with Gasteiger partial charge in [0.2, 0.25) is 0 Å². The molecule has 9 atom stereocenters. The summed E-state index contributed by atoms with van der Waals surface area (Å²) in [6, 6.07) is 0. The Kier molecular flexibility index (Phi) is 6.68. The van der Waals surface area contributed by atoms with Gasteiger partial charge >= 0.3 is 0 Å². The third kappa shape index (κ3) is 4.51. The van der Waals surface area contributed by atoms with Crippen molar-refractivity contribution in [3.8, 4) is 0 Å². The lowest BCUT2D eigenvalue weighted by atomic mass is 9.44. The van der Waals surface area contributed by atoms with Crippen molar-refractivity contribution in [2.45, 2.75) is 142 Å². The van der Waals surface area contributed by atoms with E-state index in [1.807, 2.05) is 0 Å². The van der Waals surface area contributed by atoms with Gasteiger partial charge in [0.05, 0.1) is 11.2 Å². The number of fused-ring (bicyclic) bond motifs is 5. The van der Waals surface area contributed by atoms with Crippen LogP contribution in [0.5, 0.6) is 0 Å². The van der Waals surface area contributed by atoms with Crippen molar-refractivity contribution >= 4 is 0 Å². The van der Waals surface area contributed by atoms with E-state index < -0.39 is 11.2 Å². The first-order valence-corrected chi connectivity index (χ1v) is 14.0. The maximum Gasteiger partial charge on any atom is 0.0622 e. The second-order valence-corrected chi connectivity index (χ2v) is 13.7. The topological polar surface area (TPSA) is 40.5 Å². The zero-order chi connectivity index (χ0) is 22.5. The second-order valence-electron chi connectivity index (χ2n) is 13.7. The molecule has 4 aliphatic rings. The predicted octanol–water partition coefficient (Wildman–Crippen LogP) is 7.51. The van der Waals surface area contributed by atoms with Crippen LogP contribution in [0.15, 0.2) is 0 Å². The number of rotatable bonds is 7. The summed E-state index contributed by atoms with van der Waals surface area (Å²) < 4.78 is 0. The highest BCUT2D eigenvalue weighted by Gasteiger charge is 2.60. The van der Waals surface area contributed by atoms with Crippen LogP contribution in [0.3, 0.4) is 0 Å². The van der Waals surface area contributed by atoms with Crippen molar-refractivity contribution in [1.82, 2.24) is 0 Å². The molecule has 2 nitrogen and oxygen atoms in total. The van der Waals surface area contributed by atoms with Crippen molar-refractivity contribution in [3.05, 3.63) is 0 Å². The van der Waals surface area contributed by atoms with Gasteiger partial charge in [0.1, 0.15) is 0 Å². The molecule has 0 aromatic rings. The molecule has 31 heavy (non-hydrogen) atoms. The molecule has 0 amide bonds. The standard InChI is InChI=1S/C29H52O2/c1-6-7-15-26(2,30)16-8-9-21-11-13-24-23-12-10-22-20-27(3,31)18-19-29(22,5)25(23)14-17-28(21,24)4/h21-25,30-31H,6-20H2,1-5H3/t21?,22?,23?,24?,25?,26-,27-,28?,29-/m0/s1. The third-order valence-electron chi connectivity index (χ3n) is 11.5. The molecule has 6 unspecified atom stereocenters. The zero-order valence-electron chi connectivity index (χ0n) is 21.4. The van der Waals surface area contributed by atoms with Gasteiger partial charge in [0, 0.05) is 0 Å². The van der Waals surface area contributed by atoms with Crippen LogP contribution >= 0.6 is 0 Å². The average Bonchev–Trinajstić information content (AvgIpc) is 3.03. The van der Waals surface area contributed by atoms with Crippen LogP contribution in [0.1, 0.15) is 131 Å². The molecule has 0 radical (unpaired) electrons. The first kappa shape index (κ1) is 24.1. The summed E-state index contributed by atoms with van der Waals surface area (Å²) in [6.07, 6.45) is 18.6. The summed E-state index contributed by atoms with van der Waals surface area (Å²) in [5, 5.41) is 21.4. The Balaban J connectivity index is 1.39. The van der Waals surface area contributed by atoms with Crippen LogP contribution in [-0.2, 0) is 0 Å². The van der Waals surface area contributed by atoms with Crippen molar-refractivity contribution in [2.24, 2.45) is 40.4 Å². The van der Waals surface area contributed by atoms with Gasteiger partial charge in [-0.05, 0) is 131 Å². The highest BCUT2D eigenvalue weighted by Crippen LogP contribution is 2.68. The fraction of sp³-hybridized carbons (Fsp3) is 1.00. The van der Waals surface area contributed by atoms with Crippen LogP contribution in [0.2, 0.25) is 0 Å². The van der Waals surface area contributed by atoms with Gasteiger partial charge in [0.25, 0.3) is 0 Å². The van der Waals surface area contributed by atoms with E-state index in [0.717, 1.165) is 61.7 Å². The molecule has 0 aromatic carbocycles. The quantitative estimate of drug-likeness (QED) is 0.437. The SMILES string of the molecule is CCCC[C@](C)(O)CCCC1CCC2C3CCC4C[C@@](C)(O)CC[C@]4(C)C3CCC12C. The maximum atomic E-state index is 10.7. The van der Waals surface area contributed by atoms with Crippen LogP contribution in [0, 0.1) is 40.4 Å². The normalized spacial score (nSPS) is 49.1. The van der Waals surface area contributed by atoms with Crippen LogP contribution in [0.4, 0.5) is 0 Å². The van der Waals surface area contributed by atoms with E-state index in [4.69, 9.17) is 0 Å². The van der Waals surface area contributed by atoms with E-state index >= 15 is 0 Å². The molecule has 0 bridgehead atoms. The molecule has 2 N–H and O–H groups in total. The van der Waals surface area contributed by atoms with E-state index in [1.165, 1.54) is 64.2 Å². The van der Waals surface area contributed by atoms with E-state index in [-0.39, 0.29) is 0 Å². The summed E-state index contributed by atoms with van der Waals surface area (Å²) >= 11 is 0. The van der Waals surface area contributed by atoms with E-state index in [9.17, 15) is 10.2 Å². The molecule has 4 fully saturated rings. The fourth-order valence-corrected chi connectivity index (χ4v) is 9.43. The minimum absolute atomic E-state index is 0.420. The minimum atomic E-state index is -0.457. The first-order valence-electron chi connectivity index (χ1n) is 14.0. The number of hydrogen-bond acceptors (Lipinski definition) is 2. The van der Waals surface area contributed by atoms with Crippen molar-refractivity contribution in [1.29, 1.82) is 0 Å². The molecule has 2 heteroatoms. The Hall–Kier alpha value is -0.0800. The Labute approximate surface area is 193 Å². The lowest BCUT2D eigenvalue weighted by Gasteiger charge is -2.62. The third-order valence-corrected chi connectivity index (χ3v) is 11.5. The molecular formula is C29H52O2. The van der Waals surface area contributed by atoms with Crippen molar-refractivity contribution in [3.63, 3.8) is 0 Å². The van der Waals surface area contributed by atoms with Crippen molar-refractivity contribution < 1.29 is 10.2 Å². The summed E-state index contributed by atoms with van der Waals surface area (Å²) in [6.45, 7) is 11.6. The minimum Gasteiger partial charge on any atom is -0.390 e. The molecule has 0 aromatic heterocycles. The summed E-state index contributed by atoms with van der Waals surface area (Å²) in [5.74, 6) is 4.37. The smallest absolute Gasteiger partial charge is 0.0622 e. The maximum absolute atomic E-state index is 10.7. The number of unbranched alkanes of at least 4 members (excludes halogenated alkanes) is 1. The van der Waals surface area contributed by atoms with Gasteiger partial charge in [-0.15, -0.1) is 0 Å². The van der Waals surface area contributed by atoms with Crippen LogP contribution in [-0.4, -0.2) is 21.4 Å². The first-order chi connectivity index (χ1) is 14.5. The van der Waals surface area contributed by atoms with Crippen molar-refractivity contribution in [2.75, 3.05) is 0 Å². The molecule has 180 valence electrons. The molecule has 4 saturated carbocycles. The molecule has 4 rings (SSSR count). The largest absolute Gasteiger partial charge is 0.390 e. The average molecular weight is 433 g/mol. The lowest BCUT2D eigenvalue weighted by molar-refractivity contribution is -0.146. The molecule has 0 spiro atoms. The van der Waals surface area contributed by atoms with Gasteiger partial charge in [-0.2, -0.15) is 0 Å². The fourth-order valence-electron chi connectivity index (χ4n) is 9.43. The molecule has 0 heterocycles. The number of hydrogen-bond donors (Lipinski definition) is 2. The van der Waals surface area contributed by atoms with E-state index in [2.05, 4.69) is 34.6 Å². The van der Waals surface area contributed by atoms with Gasteiger partial charge in [-0.25, -0.2) is 0 Å². The molecular weight excluding hydrogens is 380 g/mol. The van der Waals surface area contributed by atoms with Gasteiger partial charge < -0.3 is 10.2 Å². The molecule has 4 aliphatic carbocycles.